The number of methoxy groups -OCH3 is 1. The first-order valence-electron chi connectivity index (χ1n) is 7.45. The molecule has 0 aliphatic carbocycles. The predicted molar refractivity (Wildman–Crippen MR) is 89.4 cm³/mol. The molecular formula is C17H20FNO4S. The van der Waals surface area contributed by atoms with Crippen LogP contribution in [0.3, 0.4) is 0 Å². The van der Waals surface area contributed by atoms with E-state index in [1.807, 2.05) is 6.92 Å². The molecule has 0 radical (unpaired) electrons. The van der Waals surface area contributed by atoms with Crippen LogP contribution >= 0.6 is 0 Å². The Balaban J connectivity index is 1.87. The molecule has 0 saturated carbocycles. The Morgan fingerprint density at radius 1 is 1.12 bits per heavy atom. The molecule has 7 heteroatoms. The normalized spacial score (nSPS) is 11.3. The van der Waals surface area contributed by atoms with E-state index in [1.54, 1.807) is 18.2 Å². The minimum absolute atomic E-state index is 0.115. The van der Waals surface area contributed by atoms with Crippen molar-refractivity contribution in [3.8, 4) is 11.5 Å². The monoisotopic (exact) mass is 353 g/mol. The number of aryl methyl sites for hydroxylation is 1. The fourth-order valence-electron chi connectivity index (χ4n) is 2.07. The molecule has 0 aromatic heterocycles. The highest BCUT2D eigenvalue weighted by Gasteiger charge is 2.18. The van der Waals surface area contributed by atoms with Gasteiger partial charge in [-0.15, -0.1) is 0 Å². The maximum atomic E-state index is 12.8. The van der Waals surface area contributed by atoms with Crippen LogP contribution in [0.2, 0.25) is 0 Å². The largest absolute Gasteiger partial charge is 0.495 e. The van der Waals surface area contributed by atoms with Gasteiger partial charge in [0.15, 0.2) is 0 Å². The fraction of sp³-hybridized carbons (Fsp3) is 0.294. The van der Waals surface area contributed by atoms with Crippen molar-refractivity contribution in [2.45, 2.75) is 18.2 Å². The SMILES string of the molecule is COc1ccc(C)cc1S(=O)(=O)NCCCOc1ccc(F)cc1. The quantitative estimate of drug-likeness (QED) is 0.741. The van der Waals surface area contributed by atoms with Crippen LogP contribution in [0.4, 0.5) is 4.39 Å². The lowest BCUT2D eigenvalue weighted by Gasteiger charge is -2.12. The van der Waals surface area contributed by atoms with Gasteiger partial charge in [-0.3, -0.25) is 0 Å². The van der Waals surface area contributed by atoms with Crippen LogP contribution in [0.15, 0.2) is 47.4 Å². The summed E-state index contributed by atoms with van der Waals surface area (Å²) in [5.74, 6) is 0.512. The molecule has 2 aromatic carbocycles. The smallest absolute Gasteiger partial charge is 0.244 e. The summed E-state index contributed by atoms with van der Waals surface area (Å²) in [6, 6.07) is 10.6. The first-order valence-corrected chi connectivity index (χ1v) is 8.93. The lowest BCUT2D eigenvalue weighted by molar-refractivity contribution is 0.311. The number of hydrogen-bond donors (Lipinski definition) is 1. The van der Waals surface area contributed by atoms with Crippen molar-refractivity contribution in [2.75, 3.05) is 20.3 Å². The van der Waals surface area contributed by atoms with Gasteiger partial charge in [0.05, 0.1) is 13.7 Å². The summed E-state index contributed by atoms with van der Waals surface area (Å²) < 4.78 is 50.5. The van der Waals surface area contributed by atoms with E-state index in [1.165, 1.54) is 31.4 Å². The maximum absolute atomic E-state index is 12.8. The second-order valence-corrected chi connectivity index (χ2v) is 6.94. The number of benzene rings is 2. The number of hydrogen-bond acceptors (Lipinski definition) is 4. The Kier molecular flexibility index (Phi) is 6.16. The lowest BCUT2D eigenvalue weighted by atomic mass is 10.2. The first-order chi connectivity index (χ1) is 11.4. The third-order valence-corrected chi connectivity index (χ3v) is 4.79. The van der Waals surface area contributed by atoms with Crippen LogP contribution in [0, 0.1) is 12.7 Å². The van der Waals surface area contributed by atoms with Crippen molar-refractivity contribution in [3.05, 3.63) is 53.8 Å². The van der Waals surface area contributed by atoms with Gasteiger partial charge in [0.1, 0.15) is 22.2 Å². The molecule has 0 aliphatic rings. The average Bonchev–Trinajstić information content (AvgIpc) is 2.56. The molecule has 0 heterocycles. The van der Waals surface area contributed by atoms with Crippen molar-refractivity contribution in [3.63, 3.8) is 0 Å². The van der Waals surface area contributed by atoms with Crippen LogP contribution < -0.4 is 14.2 Å². The third-order valence-electron chi connectivity index (χ3n) is 3.30. The van der Waals surface area contributed by atoms with Crippen LogP contribution in [-0.4, -0.2) is 28.7 Å². The topological polar surface area (TPSA) is 64.6 Å². The van der Waals surface area contributed by atoms with E-state index < -0.39 is 10.0 Å². The summed E-state index contributed by atoms with van der Waals surface area (Å²) >= 11 is 0. The van der Waals surface area contributed by atoms with E-state index in [9.17, 15) is 12.8 Å². The number of nitrogens with one attached hydrogen (secondary N) is 1. The zero-order chi connectivity index (χ0) is 17.6. The Morgan fingerprint density at radius 3 is 2.50 bits per heavy atom. The number of rotatable bonds is 8. The summed E-state index contributed by atoms with van der Waals surface area (Å²) in [5, 5.41) is 0. The summed E-state index contributed by atoms with van der Waals surface area (Å²) in [6.07, 6.45) is 0.477. The van der Waals surface area contributed by atoms with Gasteiger partial charge in [0.2, 0.25) is 10.0 Å². The average molecular weight is 353 g/mol. The molecule has 24 heavy (non-hydrogen) atoms. The van der Waals surface area contributed by atoms with Crippen molar-refractivity contribution < 1.29 is 22.3 Å². The predicted octanol–water partition coefficient (Wildman–Crippen LogP) is 2.89. The van der Waals surface area contributed by atoms with Gasteiger partial charge in [-0.1, -0.05) is 6.07 Å². The van der Waals surface area contributed by atoms with Crippen LogP contribution in [-0.2, 0) is 10.0 Å². The Hall–Kier alpha value is -2.12. The van der Waals surface area contributed by atoms with Crippen molar-refractivity contribution >= 4 is 10.0 Å². The second kappa shape index (κ2) is 8.12. The Morgan fingerprint density at radius 2 is 1.83 bits per heavy atom. The molecule has 0 fully saturated rings. The molecule has 2 rings (SSSR count). The van der Waals surface area contributed by atoms with Gasteiger partial charge in [-0.2, -0.15) is 0 Å². The third kappa shape index (κ3) is 4.94. The zero-order valence-electron chi connectivity index (χ0n) is 13.6. The Bertz CT molecular complexity index is 776. The van der Waals surface area contributed by atoms with E-state index in [2.05, 4.69) is 4.72 Å². The number of sulfonamides is 1. The van der Waals surface area contributed by atoms with E-state index in [-0.39, 0.29) is 17.3 Å². The van der Waals surface area contributed by atoms with Crippen LogP contribution in [0.1, 0.15) is 12.0 Å². The van der Waals surface area contributed by atoms with E-state index >= 15 is 0 Å². The molecule has 0 spiro atoms. The number of ether oxygens (including phenoxy) is 2. The first kappa shape index (κ1) is 18.2. The molecule has 0 aliphatic heterocycles. The molecule has 0 saturated heterocycles. The summed E-state index contributed by atoms with van der Waals surface area (Å²) in [5.41, 5.74) is 0.829. The summed E-state index contributed by atoms with van der Waals surface area (Å²) in [4.78, 5) is 0.115. The second-order valence-electron chi connectivity index (χ2n) is 5.21. The van der Waals surface area contributed by atoms with E-state index in [4.69, 9.17) is 9.47 Å². The summed E-state index contributed by atoms with van der Waals surface area (Å²) in [7, 11) is -2.23. The highest BCUT2D eigenvalue weighted by atomic mass is 32.2. The minimum atomic E-state index is -3.66. The van der Waals surface area contributed by atoms with Crippen molar-refractivity contribution in [2.24, 2.45) is 0 Å². The fourth-order valence-corrected chi connectivity index (χ4v) is 3.40. The highest BCUT2D eigenvalue weighted by Crippen LogP contribution is 2.24. The molecule has 0 amide bonds. The molecule has 5 nitrogen and oxygen atoms in total. The van der Waals surface area contributed by atoms with Gasteiger partial charge < -0.3 is 9.47 Å². The lowest BCUT2D eigenvalue weighted by Crippen LogP contribution is -2.26. The molecule has 2 aromatic rings. The number of halogens is 1. The minimum Gasteiger partial charge on any atom is -0.495 e. The Labute approximate surface area is 141 Å². The van der Waals surface area contributed by atoms with Crippen LogP contribution in [0.25, 0.3) is 0 Å². The molecular weight excluding hydrogens is 333 g/mol. The van der Waals surface area contributed by atoms with Gasteiger partial charge in [0, 0.05) is 6.54 Å². The molecule has 0 atom stereocenters. The van der Waals surface area contributed by atoms with E-state index in [0.29, 0.717) is 24.5 Å². The van der Waals surface area contributed by atoms with E-state index in [0.717, 1.165) is 5.56 Å². The van der Waals surface area contributed by atoms with Crippen molar-refractivity contribution in [1.29, 1.82) is 0 Å². The van der Waals surface area contributed by atoms with Crippen molar-refractivity contribution in [1.82, 2.24) is 4.72 Å². The van der Waals surface area contributed by atoms with Gasteiger partial charge in [-0.05, 0) is 55.3 Å². The van der Waals surface area contributed by atoms with Gasteiger partial charge in [0.25, 0.3) is 0 Å². The standard InChI is InChI=1S/C17H20FNO4S/c1-13-4-9-16(22-2)17(12-13)24(20,21)19-10-3-11-23-15-7-5-14(18)6-8-15/h4-9,12,19H,3,10-11H2,1-2H3. The molecule has 0 unspecified atom stereocenters. The molecule has 0 bridgehead atoms. The summed E-state index contributed by atoms with van der Waals surface area (Å²) in [6.45, 7) is 2.36. The zero-order valence-corrected chi connectivity index (χ0v) is 14.4. The van der Waals surface area contributed by atoms with Crippen LogP contribution in [0.5, 0.6) is 11.5 Å². The van der Waals surface area contributed by atoms with Gasteiger partial charge >= 0.3 is 0 Å². The highest BCUT2D eigenvalue weighted by molar-refractivity contribution is 7.89. The van der Waals surface area contributed by atoms with Gasteiger partial charge in [-0.25, -0.2) is 17.5 Å². The molecule has 130 valence electrons. The maximum Gasteiger partial charge on any atom is 0.244 e. The molecule has 1 N–H and O–H groups in total.